The fourth-order valence-corrected chi connectivity index (χ4v) is 1.73. The summed E-state index contributed by atoms with van der Waals surface area (Å²) in [7, 11) is 0. The van der Waals surface area contributed by atoms with Crippen molar-refractivity contribution in [2.24, 2.45) is 0 Å². The fraction of sp³-hybridized carbons (Fsp3) is 0.500. The van der Waals surface area contributed by atoms with Crippen molar-refractivity contribution in [3.63, 3.8) is 0 Å². The third kappa shape index (κ3) is 4.54. The number of hydrogen-bond donors (Lipinski definition) is 1. The van der Waals surface area contributed by atoms with E-state index in [-0.39, 0.29) is 6.10 Å². The summed E-state index contributed by atoms with van der Waals surface area (Å²) in [4.78, 5) is 0. The summed E-state index contributed by atoms with van der Waals surface area (Å²) in [6.07, 6.45) is 0.217. The van der Waals surface area contributed by atoms with Gasteiger partial charge in [-0.05, 0) is 44.5 Å². The molecule has 1 atom stereocenters. The molecule has 15 heavy (non-hydrogen) atoms. The molecule has 0 aliphatic carbocycles. The van der Waals surface area contributed by atoms with E-state index < -0.39 is 0 Å². The van der Waals surface area contributed by atoms with Crippen LogP contribution in [0.3, 0.4) is 0 Å². The lowest BCUT2D eigenvalue weighted by molar-refractivity contribution is 0.0855. The Bertz CT molecular complexity index is 294. The Labute approximate surface area is 96.6 Å². The smallest absolute Gasteiger partial charge is 0.0719 e. The van der Waals surface area contributed by atoms with Gasteiger partial charge in [0.05, 0.1) is 6.10 Å². The molecule has 2 nitrogen and oxygen atoms in total. The summed E-state index contributed by atoms with van der Waals surface area (Å²) in [6, 6.07) is 5.94. The van der Waals surface area contributed by atoms with Crippen LogP contribution in [-0.2, 0) is 4.74 Å². The lowest BCUT2D eigenvalue weighted by Gasteiger charge is -2.14. The highest BCUT2D eigenvalue weighted by Crippen LogP contribution is 2.18. The molecule has 0 saturated heterocycles. The summed E-state index contributed by atoms with van der Waals surface area (Å²) >= 11 is 5.96. The van der Waals surface area contributed by atoms with Gasteiger partial charge in [-0.25, -0.2) is 0 Å². The molecule has 0 radical (unpaired) electrons. The van der Waals surface area contributed by atoms with Crippen molar-refractivity contribution >= 4 is 17.3 Å². The zero-order valence-corrected chi connectivity index (χ0v) is 10.3. The van der Waals surface area contributed by atoms with Crippen LogP contribution in [0.5, 0.6) is 0 Å². The van der Waals surface area contributed by atoms with Crippen LogP contribution in [0.15, 0.2) is 18.2 Å². The number of rotatable bonds is 5. The molecule has 0 aliphatic heterocycles. The minimum atomic E-state index is 0.217. The third-order valence-corrected chi connectivity index (χ3v) is 2.31. The van der Waals surface area contributed by atoms with Crippen LogP contribution in [0.25, 0.3) is 0 Å². The van der Waals surface area contributed by atoms with E-state index in [1.165, 1.54) is 0 Å². The molecule has 1 N–H and O–H groups in total. The Balaban J connectivity index is 2.50. The normalized spacial score (nSPS) is 12.5. The van der Waals surface area contributed by atoms with E-state index in [4.69, 9.17) is 16.3 Å². The molecule has 1 aromatic carbocycles. The van der Waals surface area contributed by atoms with E-state index >= 15 is 0 Å². The Morgan fingerprint density at radius 2 is 2.13 bits per heavy atom. The number of aryl methyl sites for hydroxylation is 1. The van der Waals surface area contributed by atoms with Gasteiger partial charge in [-0.3, -0.25) is 0 Å². The van der Waals surface area contributed by atoms with Crippen molar-refractivity contribution in [2.45, 2.75) is 26.9 Å². The SMILES string of the molecule is CCOC(C)CNc1cc(C)cc(Cl)c1. The summed E-state index contributed by atoms with van der Waals surface area (Å²) in [5.41, 5.74) is 2.21. The number of benzene rings is 1. The van der Waals surface area contributed by atoms with Crippen molar-refractivity contribution in [3.8, 4) is 0 Å². The number of halogens is 1. The maximum absolute atomic E-state index is 5.96. The molecule has 0 heterocycles. The predicted octanol–water partition coefficient (Wildman–Crippen LogP) is 3.49. The first kappa shape index (κ1) is 12.3. The maximum Gasteiger partial charge on any atom is 0.0719 e. The lowest BCUT2D eigenvalue weighted by atomic mass is 10.2. The van der Waals surface area contributed by atoms with Crippen molar-refractivity contribution in [1.29, 1.82) is 0 Å². The first-order valence-corrected chi connectivity index (χ1v) is 5.62. The topological polar surface area (TPSA) is 21.3 Å². The molecule has 1 rings (SSSR count). The minimum absolute atomic E-state index is 0.217. The molecule has 3 heteroatoms. The van der Waals surface area contributed by atoms with E-state index in [1.54, 1.807) is 0 Å². The van der Waals surface area contributed by atoms with Crippen LogP contribution < -0.4 is 5.32 Å². The number of anilines is 1. The first-order valence-electron chi connectivity index (χ1n) is 5.24. The average Bonchev–Trinajstić information content (AvgIpc) is 2.14. The molecular formula is C12H18ClNO. The van der Waals surface area contributed by atoms with Crippen molar-refractivity contribution in [3.05, 3.63) is 28.8 Å². The molecule has 0 saturated carbocycles. The number of ether oxygens (including phenoxy) is 1. The highest BCUT2D eigenvalue weighted by Gasteiger charge is 2.01. The molecule has 0 aliphatic rings. The van der Waals surface area contributed by atoms with Crippen LogP contribution in [-0.4, -0.2) is 19.3 Å². The van der Waals surface area contributed by atoms with Gasteiger partial charge in [0.15, 0.2) is 0 Å². The van der Waals surface area contributed by atoms with Gasteiger partial charge in [0.1, 0.15) is 0 Å². The quantitative estimate of drug-likeness (QED) is 0.832. The summed E-state index contributed by atoms with van der Waals surface area (Å²) in [5, 5.41) is 4.07. The fourth-order valence-electron chi connectivity index (χ4n) is 1.44. The molecule has 0 amide bonds. The van der Waals surface area contributed by atoms with Crippen LogP contribution in [0.4, 0.5) is 5.69 Å². The molecule has 1 unspecified atom stereocenters. The molecule has 84 valence electrons. The van der Waals surface area contributed by atoms with Gasteiger partial charge in [0.25, 0.3) is 0 Å². The van der Waals surface area contributed by atoms with Gasteiger partial charge in [0.2, 0.25) is 0 Å². The zero-order chi connectivity index (χ0) is 11.3. The molecular weight excluding hydrogens is 210 g/mol. The maximum atomic E-state index is 5.96. The molecule has 0 aromatic heterocycles. The van der Waals surface area contributed by atoms with E-state index in [0.29, 0.717) is 0 Å². The highest BCUT2D eigenvalue weighted by molar-refractivity contribution is 6.30. The Kier molecular flexibility index (Phi) is 4.92. The number of nitrogens with one attached hydrogen (secondary N) is 1. The van der Waals surface area contributed by atoms with E-state index in [0.717, 1.165) is 29.4 Å². The largest absolute Gasteiger partial charge is 0.382 e. The summed E-state index contributed by atoms with van der Waals surface area (Å²) < 4.78 is 5.43. The van der Waals surface area contributed by atoms with E-state index in [1.807, 2.05) is 32.9 Å². The molecule has 0 bridgehead atoms. The second-order valence-corrected chi connectivity index (χ2v) is 4.10. The Morgan fingerprint density at radius 3 is 2.73 bits per heavy atom. The van der Waals surface area contributed by atoms with Gasteiger partial charge >= 0.3 is 0 Å². The molecule has 0 spiro atoms. The highest BCUT2D eigenvalue weighted by atomic mass is 35.5. The van der Waals surface area contributed by atoms with E-state index in [2.05, 4.69) is 11.4 Å². The standard InChI is InChI=1S/C12H18ClNO/c1-4-15-10(3)8-14-12-6-9(2)5-11(13)7-12/h5-7,10,14H,4,8H2,1-3H3. The second-order valence-electron chi connectivity index (χ2n) is 3.66. The monoisotopic (exact) mass is 227 g/mol. The van der Waals surface area contributed by atoms with Crippen LogP contribution in [0, 0.1) is 6.92 Å². The van der Waals surface area contributed by atoms with E-state index in [9.17, 15) is 0 Å². The van der Waals surface area contributed by atoms with Gasteiger partial charge in [-0.15, -0.1) is 0 Å². The van der Waals surface area contributed by atoms with Gasteiger partial charge in [-0.1, -0.05) is 11.6 Å². The van der Waals surface area contributed by atoms with Crippen LogP contribution in [0.1, 0.15) is 19.4 Å². The molecule has 1 aromatic rings. The predicted molar refractivity (Wildman–Crippen MR) is 65.8 cm³/mol. The average molecular weight is 228 g/mol. The molecule has 0 fully saturated rings. The van der Waals surface area contributed by atoms with Crippen LogP contribution in [0.2, 0.25) is 5.02 Å². The van der Waals surface area contributed by atoms with Gasteiger partial charge in [0, 0.05) is 23.9 Å². The summed E-state index contributed by atoms with van der Waals surface area (Å²) in [5.74, 6) is 0. The lowest BCUT2D eigenvalue weighted by Crippen LogP contribution is -2.19. The zero-order valence-electron chi connectivity index (χ0n) is 9.51. The van der Waals surface area contributed by atoms with Crippen molar-refractivity contribution < 1.29 is 4.74 Å². The Hall–Kier alpha value is -0.730. The van der Waals surface area contributed by atoms with Gasteiger partial charge in [-0.2, -0.15) is 0 Å². The first-order chi connectivity index (χ1) is 7.11. The number of hydrogen-bond acceptors (Lipinski definition) is 2. The Morgan fingerprint density at radius 1 is 1.40 bits per heavy atom. The second kappa shape index (κ2) is 5.99. The minimum Gasteiger partial charge on any atom is -0.382 e. The summed E-state index contributed by atoms with van der Waals surface area (Å²) in [6.45, 7) is 7.63. The van der Waals surface area contributed by atoms with Crippen LogP contribution >= 0.6 is 11.6 Å². The van der Waals surface area contributed by atoms with Gasteiger partial charge < -0.3 is 10.1 Å². The third-order valence-electron chi connectivity index (χ3n) is 2.09. The van der Waals surface area contributed by atoms with Crippen molar-refractivity contribution in [2.75, 3.05) is 18.5 Å². The van der Waals surface area contributed by atoms with Crippen molar-refractivity contribution in [1.82, 2.24) is 0 Å².